The second kappa shape index (κ2) is 4.46. The van der Waals surface area contributed by atoms with Crippen LogP contribution in [0, 0.1) is 5.41 Å². The lowest BCUT2D eigenvalue weighted by atomic mass is 9.67. The van der Waals surface area contributed by atoms with E-state index >= 15 is 0 Å². The van der Waals surface area contributed by atoms with Crippen LogP contribution in [0.2, 0.25) is 0 Å². The van der Waals surface area contributed by atoms with E-state index in [9.17, 15) is 4.79 Å². The molecule has 3 atom stereocenters. The molecule has 1 N–H and O–H groups in total. The second-order valence-corrected chi connectivity index (χ2v) is 5.72. The fourth-order valence-electron chi connectivity index (χ4n) is 4.00. The van der Waals surface area contributed by atoms with Crippen LogP contribution in [-0.2, 0) is 9.63 Å². The molecule has 2 heterocycles. The summed E-state index contributed by atoms with van der Waals surface area (Å²) in [6.45, 7) is 0. The first kappa shape index (κ1) is 12.7. The molecule has 108 valence electrons. The van der Waals surface area contributed by atoms with Gasteiger partial charge in [0.05, 0.1) is 24.3 Å². The monoisotopic (exact) mass is 282 g/mol. The molecule has 4 rings (SSSR count). The molecule has 0 amide bonds. The van der Waals surface area contributed by atoms with Gasteiger partial charge in [0.15, 0.2) is 5.78 Å². The minimum absolute atomic E-state index is 0.0768. The normalized spacial score (nSPS) is 36.2. The smallest absolute Gasteiger partial charge is 0.160 e. The molecule has 3 unspecified atom stereocenters. The van der Waals surface area contributed by atoms with Crippen molar-refractivity contribution in [3.05, 3.63) is 60.0 Å². The largest absolute Gasteiger partial charge is 0.380 e. The number of carbonyl (C=O) groups is 1. The predicted octanol–water partition coefficient (Wildman–Crippen LogP) is 2.00. The van der Waals surface area contributed by atoms with Gasteiger partial charge >= 0.3 is 0 Å². The highest BCUT2D eigenvalue weighted by Crippen LogP contribution is 2.55. The Kier molecular flexibility index (Phi) is 2.69. The lowest BCUT2D eigenvalue weighted by Crippen LogP contribution is -2.50. The Morgan fingerprint density at radius 3 is 3.14 bits per heavy atom. The van der Waals surface area contributed by atoms with Crippen LogP contribution >= 0.6 is 0 Å². The first-order valence-corrected chi connectivity index (χ1v) is 7.33. The van der Waals surface area contributed by atoms with E-state index < -0.39 is 5.41 Å². The van der Waals surface area contributed by atoms with Gasteiger partial charge < -0.3 is 5.32 Å². The number of allylic oxidation sites excluding steroid dienone is 5. The molecule has 21 heavy (non-hydrogen) atoms. The van der Waals surface area contributed by atoms with Gasteiger partial charge in [-0.1, -0.05) is 36.5 Å². The maximum absolute atomic E-state index is 12.5. The Bertz CT molecular complexity index is 641. The molecule has 1 saturated heterocycles. The topological polar surface area (TPSA) is 41.6 Å². The van der Waals surface area contributed by atoms with Crippen molar-refractivity contribution in [2.45, 2.75) is 24.9 Å². The number of hydrogen-bond donors (Lipinski definition) is 1. The van der Waals surface area contributed by atoms with Gasteiger partial charge in [0, 0.05) is 6.42 Å². The van der Waals surface area contributed by atoms with Gasteiger partial charge in [-0.25, -0.2) is 5.06 Å². The SMILES string of the molecule is CON1C2=CCC(=O)C3NC=CC=CC23C2=CCC=CC21. The summed E-state index contributed by atoms with van der Waals surface area (Å²) < 4.78 is 0. The quantitative estimate of drug-likeness (QED) is 0.747. The van der Waals surface area contributed by atoms with Crippen LogP contribution < -0.4 is 5.32 Å². The number of ketones is 1. The standard InChI is InChI=1S/C17H18N2O2/c1-21-19-13-7-3-2-6-12(13)17-10-4-5-11-18-16(17)14(20)8-9-15(17)19/h3-7,9-11,13,16,18H,2,8H2,1H3. The van der Waals surface area contributed by atoms with E-state index in [0.29, 0.717) is 6.42 Å². The van der Waals surface area contributed by atoms with Gasteiger partial charge in [0.1, 0.15) is 6.04 Å². The molecule has 1 fully saturated rings. The molecule has 0 radical (unpaired) electrons. The Morgan fingerprint density at radius 1 is 1.38 bits per heavy atom. The Balaban J connectivity index is 1.97. The molecule has 2 aliphatic heterocycles. The molecule has 0 aromatic heterocycles. The van der Waals surface area contributed by atoms with Gasteiger partial charge in [-0.15, -0.1) is 0 Å². The summed E-state index contributed by atoms with van der Waals surface area (Å²) in [5.74, 6) is 0.224. The zero-order valence-corrected chi connectivity index (χ0v) is 12.0. The first-order chi connectivity index (χ1) is 10.3. The van der Waals surface area contributed by atoms with E-state index in [0.717, 1.165) is 12.1 Å². The number of hydrogen-bond acceptors (Lipinski definition) is 4. The predicted molar refractivity (Wildman–Crippen MR) is 79.8 cm³/mol. The zero-order valence-electron chi connectivity index (χ0n) is 12.0. The number of rotatable bonds is 1. The fraction of sp³-hybridized carbons (Fsp3) is 0.353. The van der Waals surface area contributed by atoms with Crippen LogP contribution in [0.25, 0.3) is 0 Å². The van der Waals surface area contributed by atoms with Gasteiger partial charge in [-0.2, -0.15) is 0 Å². The highest BCUT2D eigenvalue weighted by molar-refractivity contribution is 5.90. The van der Waals surface area contributed by atoms with Crippen LogP contribution in [0.5, 0.6) is 0 Å². The summed E-state index contributed by atoms with van der Waals surface area (Å²) in [5, 5.41) is 5.24. The third kappa shape index (κ3) is 1.51. The molecule has 0 aromatic rings. The Labute approximate surface area is 124 Å². The number of carbonyl (C=O) groups excluding carboxylic acids is 1. The molecule has 1 spiro atoms. The van der Waals surface area contributed by atoms with Crippen LogP contribution in [0.15, 0.2) is 60.0 Å². The average Bonchev–Trinajstić information content (AvgIpc) is 2.64. The number of hydroxylamine groups is 2. The maximum atomic E-state index is 12.5. The summed E-state index contributed by atoms with van der Waals surface area (Å²) in [6.07, 6.45) is 17.9. The summed E-state index contributed by atoms with van der Waals surface area (Å²) in [7, 11) is 1.69. The molecule has 4 nitrogen and oxygen atoms in total. The van der Waals surface area contributed by atoms with Crippen LogP contribution in [-0.4, -0.2) is 30.0 Å². The number of nitrogens with one attached hydrogen (secondary N) is 1. The highest BCUT2D eigenvalue weighted by atomic mass is 16.7. The lowest BCUT2D eigenvalue weighted by Gasteiger charge is -2.39. The lowest BCUT2D eigenvalue weighted by molar-refractivity contribution is -0.124. The minimum atomic E-state index is -0.426. The average molecular weight is 282 g/mol. The van der Waals surface area contributed by atoms with Gasteiger partial charge in [-0.05, 0) is 24.3 Å². The Hall–Kier alpha value is -2.07. The van der Waals surface area contributed by atoms with Crippen molar-refractivity contribution in [3.63, 3.8) is 0 Å². The third-order valence-electron chi connectivity index (χ3n) is 4.80. The van der Waals surface area contributed by atoms with E-state index in [1.54, 1.807) is 7.11 Å². The summed E-state index contributed by atoms with van der Waals surface area (Å²) in [4.78, 5) is 18.2. The molecular weight excluding hydrogens is 264 g/mol. The van der Waals surface area contributed by atoms with Crippen LogP contribution in [0.1, 0.15) is 12.8 Å². The molecule has 0 saturated carbocycles. The van der Waals surface area contributed by atoms with E-state index in [1.807, 2.05) is 29.5 Å². The highest BCUT2D eigenvalue weighted by Gasteiger charge is 2.58. The van der Waals surface area contributed by atoms with Crippen LogP contribution in [0.4, 0.5) is 0 Å². The molecule has 0 bridgehead atoms. The van der Waals surface area contributed by atoms with Crippen LogP contribution in [0.3, 0.4) is 0 Å². The third-order valence-corrected chi connectivity index (χ3v) is 4.80. The summed E-state index contributed by atoms with van der Waals surface area (Å²) >= 11 is 0. The molecular formula is C17H18N2O2. The second-order valence-electron chi connectivity index (χ2n) is 5.72. The summed E-state index contributed by atoms with van der Waals surface area (Å²) in [5.41, 5.74) is 1.89. The van der Waals surface area contributed by atoms with Crippen molar-refractivity contribution in [2.75, 3.05) is 7.11 Å². The fourth-order valence-corrected chi connectivity index (χ4v) is 4.00. The molecule has 0 aromatic carbocycles. The van der Waals surface area contributed by atoms with Crippen molar-refractivity contribution < 1.29 is 9.63 Å². The van der Waals surface area contributed by atoms with Crippen molar-refractivity contribution in [1.82, 2.24) is 10.4 Å². The minimum Gasteiger partial charge on any atom is -0.380 e. The van der Waals surface area contributed by atoms with Crippen molar-refractivity contribution in [1.29, 1.82) is 0 Å². The van der Waals surface area contributed by atoms with E-state index in [2.05, 4.69) is 29.6 Å². The summed E-state index contributed by atoms with van der Waals surface area (Å²) in [6, 6.07) is -0.180. The first-order valence-electron chi connectivity index (χ1n) is 7.33. The van der Waals surface area contributed by atoms with Crippen molar-refractivity contribution in [3.8, 4) is 0 Å². The molecule has 4 heteroatoms. The van der Waals surface area contributed by atoms with Gasteiger partial charge in [0.2, 0.25) is 0 Å². The number of fused-ring (bicyclic) bond motifs is 1. The van der Waals surface area contributed by atoms with E-state index in [4.69, 9.17) is 4.84 Å². The van der Waals surface area contributed by atoms with Gasteiger partial charge in [0.25, 0.3) is 0 Å². The Morgan fingerprint density at radius 2 is 2.29 bits per heavy atom. The van der Waals surface area contributed by atoms with E-state index in [-0.39, 0.29) is 17.9 Å². The maximum Gasteiger partial charge on any atom is 0.160 e. The van der Waals surface area contributed by atoms with Crippen molar-refractivity contribution >= 4 is 5.78 Å². The zero-order chi connectivity index (χ0) is 14.4. The molecule has 2 aliphatic carbocycles. The number of Topliss-reactive ketones (excluding diaryl/α,β-unsaturated/α-hetero) is 1. The van der Waals surface area contributed by atoms with E-state index in [1.165, 1.54) is 5.57 Å². The van der Waals surface area contributed by atoms with Crippen molar-refractivity contribution in [2.24, 2.45) is 5.41 Å². The van der Waals surface area contributed by atoms with Gasteiger partial charge in [-0.3, -0.25) is 9.63 Å². The molecule has 4 aliphatic rings. The number of nitrogens with zero attached hydrogens (tertiary/aromatic N) is 1.